The molecule has 0 saturated carbocycles. The Morgan fingerprint density at radius 3 is 0.673 bits per heavy atom. The van der Waals surface area contributed by atoms with Gasteiger partial charge in [-0.3, -0.25) is 4.79 Å². The molecule has 0 radical (unpaired) electrons. The minimum atomic E-state index is -2.32. The number of amides is 1. The van der Waals surface area contributed by atoms with Crippen LogP contribution >= 0.6 is 0 Å². The molecule has 16 unspecified atom stereocenters. The third kappa shape index (κ3) is 20.8. The van der Waals surface area contributed by atoms with Gasteiger partial charge in [0.1, 0.15) is 195 Å². The fourth-order valence-corrected chi connectivity index (χ4v) is 13.3. The second-order valence-electron chi connectivity index (χ2n) is 26.2. The van der Waals surface area contributed by atoms with Crippen molar-refractivity contribution >= 4 is 5.91 Å². The minimum Gasteiger partial charge on any atom is -0.394 e. The van der Waals surface area contributed by atoms with Crippen LogP contribution in [0.15, 0.2) is 5.11 Å². The Morgan fingerprint density at radius 2 is 0.467 bits per heavy atom. The van der Waals surface area contributed by atoms with Gasteiger partial charge in [0, 0.05) is 24.4 Å². The molecule has 107 heavy (non-hydrogen) atoms. The number of hydrogen-bond donors (Lipinski definition) is 24. The summed E-state index contributed by atoms with van der Waals surface area (Å²) in [5, 5.41) is 265. The van der Waals surface area contributed by atoms with Crippen molar-refractivity contribution in [3.8, 4) is 0 Å². The molecule has 0 spiro atoms. The van der Waals surface area contributed by atoms with E-state index in [0.717, 1.165) is 0 Å². The first-order chi connectivity index (χ1) is 51.3. The molecule has 40 atom stereocenters. The van der Waals surface area contributed by atoms with Crippen LogP contribution in [0.3, 0.4) is 0 Å². The highest BCUT2D eigenvalue weighted by Crippen LogP contribution is 2.40. The molecule has 0 aliphatic carbocycles. The van der Waals surface area contributed by atoms with Crippen LogP contribution < -0.4 is 5.32 Å². The van der Waals surface area contributed by atoms with Gasteiger partial charge in [0.05, 0.1) is 99.1 Å². The third-order valence-electron chi connectivity index (χ3n) is 19.2. The summed E-state index contributed by atoms with van der Waals surface area (Å²) in [7, 11) is 0. The molecular formula is C59H100N4O44. The van der Waals surface area contributed by atoms with Crippen LogP contribution in [0, 0.1) is 0 Å². The summed E-state index contributed by atoms with van der Waals surface area (Å²) in [6.07, 6.45) is -83.9. The maximum absolute atomic E-state index is 13.4. The fourth-order valence-electron chi connectivity index (χ4n) is 13.3. The predicted octanol–water partition coefficient (Wildman–Crippen LogP) is -16.5. The lowest BCUT2D eigenvalue weighted by Crippen LogP contribution is -2.69. The van der Waals surface area contributed by atoms with Crippen LogP contribution in [-0.2, 0) is 99.5 Å². The number of nitrogens with one attached hydrogen (secondary N) is 1. The quantitative estimate of drug-likeness (QED) is 0.0185. The summed E-state index contributed by atoms with van der Waals surface area (Å²) in [4.78, 5) is 16.0. The Balaban J connectivity index is 0.941. The first kappa shape index (κ1) is 88.0. The standard InChI is InChI=1S/C59H100N4O44/c60-63-62-2-4-89-6-8-91-10-9-90-7-5-88-3-1-27(71)61-11-19-44-28(72)36(80)52(92-19)101-45-20(12-64)94-54(38(82)30(45)74)103-47-22(14-66)96-56(40(84)32(47)76)105-49-24(16-68)98-58(42(86)34(49)78)107-51-26(18-70)99-59(43(87)35(51)79)106-50-25(17-69)97-57(41(85)33(50)77)104-48-23(15-67)95-55(39(83)31(48)75)102-46-21(13-65)93-53(100-44)37(81)29(46)73/h19-26,28-59,64-70,72-87H,1-18H2,(H,61,71)/t19?,20?,21?,22?,23?,24?,25?,26?,28?,29?,30-,31?,32-,33-,34-,35-,36+,37+,38?,39+,40?,41?,42?,43?,44-,45-,46-,47-,48-,49-,50-,51-,52-,53-,54-,55-,56-,57+,58-,59-/m1/s1. The number of aliphatic hydroxyl groups excluding tert-OH is 23. The monoisotopic (exact) mass is 1570 g/mol. The Hall–Kier alpha value is -2.94. The van der Waals surface area contributed by atoms with Crippen molar-refractivity contribution in [3.05, 3.63) is 10.4 Å². The summed E-state index contributed by atoms with van der Waals surface area (Å²) in [5.74, 6) is -0.732. The molecule has 620 valence electrons. The second kappa shape index (κ2) is 41.4. The molecule has 30 saturated heterocycles. The van der Waals surface area contributed by atoms with Gasteiger partial charge in [-0.25, -0.2) is 0 Å². The normalized spacial score (nSPS) is 47.5. The molecule has 30 aliphatic heterocycles. The highest BCUT2D eigenvalue weighted by molar-refractivity contribution is 5.76. The van der Waals surface area contributed by atoms with Crippen LogP contribution in [-0.4, -0.2) is 481 Å². The molecule has 48 nitrogen and oxygen atoms in total. The number of rotatable bonds is 24. The van der Waals surface area contributed by atoms with Crippen molar-refractivity contribution in [3.63, 3.8) is 0 Å². The van der Waals surface area contributed by atoms with Gasteiger partial charge in [-0.1, -0.05) is 5.11 Å². The van der Waals surface area contributed by atoms with Gasteiger partial charge in [0.25, 0.3) is 0 Å². The molecular weight excluding hydrogens is 1470 g/mol. The largest absolute Gasteiger partial charge is 0.394 e. The molecule has 30 fully saturated rings. The zero-order valence-corrected chi connectivity index (χ0v) is 57.0. The number of carbonyl (C=O) groups excluding carboxylic acids is 1. The van der Waals surface area contributed by atoms with E-state index in [9.17, 15) is 122 Å². The highest BCUT2D eigenvalue weighted by Gasteiger charge is 2.60. The van der Waals surface area contributed by atoms with Gasteiger partial charge in [-0.15, -0.1) is 0 Å². The SMILES string of the molecule is [N-]=[N+]=NCCOCCOCCOCCOCCC(=O)NCC1O[C@@H]2O[C@@H]3C(CO)O[C@H](O[C@@H]4C(CO)O[C@H](O[C@@H]5C(CO)O[C@H](O[C@@H]6C(CO)O[C@H](O[C@@H]7C(CO)O[C@@H](O[C@@H]8C(CO)O[C@H](O[C@@H]9C(CO)O[C@H](O[C@H]1C(O)[C@@H]2O)[C@@H](O)C9O)[C@@H](O)C8O)C(O)[C@H]7O)C(O)[C@H]6O)C(O)[C@H]5O)C(O)[C@H]4O)C(O)[C@H]3O. The van der Waals surface area contributed by atoms with Crippen molar-refractivity contribution in [1.82, 2.24) is 5.32 Å². The van der Waals surface area contributed by atoms with E-state index < -0.39 is 304 Å². The number of carbonyl (C=O) groups is 1. The topological polar surface area (TPSA) is 728 Å². The lowest BCUT2D eigenvalue weighted by molar-refractivity contribution is -0.403. The zero-order chi connectivity index (χ0) is 77.7. The van der Waals surface area contributed by atoms with Gasteiger partial charge in [-0.05, 0) is 5.53 Å². The number of nitrogens with zero attached hydrogens (tertiary/aromatic N) is 3. The van der Waals surface area contributed by atoms with E-state index in [2.05, 4.69) is 15.3 Å². The van der Waals surface area contributed by atoms with Gasteiger partial charge in [0.15, 0.2) is 50.3 Å². The number of ether oxygens (including phenoxy) is 20. The maximum Gasteiger partial charge on any atom is 0.222 e. The second-order valence-corrected chi connectivity index (χ2v) is 26.2. The van der Waals surface area contributed by atoms with E-state index in [4.69, 9.17) is 100 Å². The summed E-state index contributed by atoms with van der Waals surface area (Å²) in [6, 6.07) is 0. The molecule has 0 aromatic rings. The molecule has 30 rings (SSSR count). The van der Waals surface area contributed by atoms with Gasteiger partial charge < -0.3 is 218 Å². The summed E-state index contributed by atoms with van der Waals surface area (Å²) >= 11 is 0. The van der Waals surface area contributed by atoms with E-state index in [0.29, 0.717) is 0 Å². The average Bonchev–Trinajstić information content (AvgIpc) is 0.775. The van der Waals surface area contributed by atoms with Crippen molar-refractivity contribution in [1.29, 1.82) is 0 Å². The molecule has 1 amide bonds. The number of aliphatic hydroxyl groups is 23. The highest BCUT2D eigenvalue weighted by atomic mass is 16.8. The third-order valence-corrected chi connectivity index (χ3v) is 19.2. The molecule has 0 aromatic heterocycles. The zero-order valence-electron chi connectivity index (χ0n) is 57.0. The lowest BCUT2D eigenvalue weighted by atomic mass is 9.94. The van der Waals surface area contributed by atoms with Crippen molar-refractivity contribution in [2.75, 3.05) is 112 Å². The van der Waals surface area contributed by atoms with E-state index in [1.54, 1.807) is 0 Å². The Kier molecular flexibility index (Phi) is 34.0. The van der Waals surface area contributed by atoms with Crippen molar-refractivity contribution in [2.24, 2.45) is 5.11 Å². The first-order valence-corrected chi connectivity index (χ1v) is 34.5. The average molecular weight is 1570 g/mol. The van der Waals surface area contributed by atoms with Gasteiger partial charge in [-0.2, -0.15) is 0 Å². The van der Waals surface area contributed by atoms with Crippen LogP contribution in [0.2, 0.25) is 0 Å². The smallest absolute Gasteiger partial charge is 0.222 e. The van der Waals surface area contributed by atoms with Crippen LogP contribution in [0.25, 0.3) is 10.4 Å². The van der Waals surface area contributed by atoms with E-state index in [1.165, 1.54) is 0 Å². The van der Waals surface area contributed by atoms with Crippen LogP contribution in [0.4, 0.5) is 0 Å². The van der Waals surface area contributed by atoms with Crippen LogP contribution in [0.5, 0.6) is 0 Å². The van der Waals surface area contributed by atoms with Crippen LogP contribution in [0.1, 0.15) is 6.42 Å². The fraction of sp³-hybridized carbons (Fsp3) is 0.983. The van der Waals surface area contributed by atoms with E-state index in [-0.39, 0.29) is 65.8 Å². The number of hydrogen-bond acceptors (Lipinski definition) is 45. The van der Waals surface area contributed by atoms with Gasteiger partial charge in [0.2, 0.25) is 5.91 Å². The summed E-state index contributed by atoms with van der Waals surface area (Å²) in [6.45, 7) is -7.25. The Bertz CT molecular complexity index is 2660. The molecule has 16 bridgehead atoms. The predicted molar refractivity (Wildman–Crippen MR) is 329 cm³/mol. The number of azide groups is 1. The minimum absolute atomic E-state index is 0.0211. The van der Waals surface area contributed by atoms with E-state index >= 15 is 0 Å². The lowest BCUT2D eigenvalue weighted by Gasteiger charge is -2.50. The summed E-state index contributed by atoms with van der Waals surface area (Å²) < 4.78 is 114. The Morgan fingerprint density at radius 1 is 0.280 bits per heavy atom. The first-order valence-electron chi connectivity index (χ1n) is 34.5. The Labute approximate surface area is 606 Å². The molecule has 30 heterocycles. The summed E-state index contributed by atoms with van der Waals surface area (Å²) in [5.41, 5.74) is 8.32. The van der Waals surface area contributed by atoms with Crippen molar-refractivity contribution < 1.29 is 217 Å². The molecule has 0 aromatic carbocycles. The molecule has 24 N–H and O–H groups in total. The van der Waals surface area contributed by atoms with E-state index in [1.807, 2.05) is 0 Å². The molecule has 30 aliphatic rings. The molecule has 48 heteroatoms. The van der Waals surface area contributed by atoms with Gasteiger partial charge >= 0.3 is 0 Å². The maximum atomic E-state index is 13.4. The van der Waals surface area contributed by atoms with Crippen molar-refractivity contribution in [2.45, 2.75) is 252 Å².